The van der Waals surface area contributed by atoms with Crippen LogP contribution in [0.4, 0.5) is 13.2 Å². The van der Waals surface area contributed by atoms with Crippen LogP contribution in [0.5, 0.6) is 5.75 Å². The Hall–Kier alpha value is -2.13. The van der Waals surface area contributed by atoms with Crippen LogP contribution >= 0.6 is 15.9 Å². The van der Waals surface area contributed by atoms with E-state index in [2.05, 4.69) is 21.2 Å². The lowest BCUT2D eigenvalue weighted by atomic mass is 9.74. The average molecular weight is 476 g/mol. The molecule has 158 valence electrons. The van der Waals surface area contributed by atoms with Gasteiger partial charge in [-0.05, 0) is 52.4 Å². The molecule has 0 bridgehead atoms. The molecule has 5 nitrogen and oxygen atoms in total. The van der Waals surface area contributed by atoms with Crippen LogP contribution < -0.4 is 5.32 Å². The largest absolute Gasteiger partial charge is 0.507 e. The lowest BCUT2D eigenvalue weighted by molar-refractivity contribution is -0.263. The van der Waals surface area contributed by atoms with Gasteiger partial charge in [0.25, 0.3) is 0 Å². The summed E-state index contributed by atoms with van der Waals surface area (Å²) >= 11 is 3.18. The summed E-state index contributed by atoms with van der Waals surface area (Å²) in [6.07, 6.45) is -3.53. The van der Waals surface area contributed by atoms with E-state index >= 15 is 0 Å². The van der Waals surface area contributed by atoms with Gasteiger partial charge in [-0.2, -0.15) is 13.2 Å². The Labute approximate surface area is 174 Å². The third kappa shape index (κ3) is 4.90. The maximum absolute atomic E-state index is 13.8. The molecule has 1 unspecified atom stereocenters. The molecule has 0 amide bonds. The van der Waals surface area contributed by atoms with Crippen molar-refractivity contribution in [1.82, 2.24) is 5.32 Å². The highest BCUT2D eigenvalue weighted by atomic mass is 79.9. The van der Waals surface area contributed by atoms with E-state index in [0.29, 0.717) is 5.56 Å². The lowest BCUT2D eigenvalue weighted by Crippen LogP contribution is -2.55. The summed E-state index contributed by atoms with van der Waals surface area (Å²) in [5.41, 5.74) is -3.81. The Morgan fingerprint density at radius 1 is 1.14 bits per heavy atom. The third-order valence-electron chi connectivity index (χ3n) is 4.80. The van der Waals surface area contributed by atoms with Gasteiger partial charge >= 0.3 is 6.18 Å². The predicted molar refractivity (Wildman–Crippen MR) is 104 cm³/mol. The van der Waals surface area contributed by atoms with Crippen molar-refractivity contribution < 1.29 is 33.0 Å². The van der Waals surface area contributed by atoms with Crippen molar-refractivity contribution in [3.05, 3.63) is 51.7 Å². The lowest BCUT2D eigenvalue weighted by Gasteiger charge is -2.38. The van der Waals surface area contributed by atoms with E-state index in [0.717, 1.165) is 6.08 Å². The van der Waals surface area contributed by atoms with E-state index in [9.17, 15) is 33.0 Å². The first-order valence-corrected chi connectivity index (χ1v) is 9.47. The number of aliphatic hydroxyl groups is 1. The van der Waals surface area contributed by atoms with Gasteiger partial charge in [0.2, 0.25) is 11.6 Å². The van der Waals surface area contributed by atoms with E-state index in [1.807, 2.05) is 0 Å². The third-order valence-corrected chi connectivity index (χ3v) is 5.63. The fraction of sp³-hybridized carbons (Fsp3) is 0.400. The second-order valence-electron chi connectivity index (χ2n) is 7.70. The molecular formula is C20H21BrF3NO4. The maximum atomic E-state index is 13.8. The van der Waals surface area contributed by atoms with Gasteiger partial charge < -0.3 is 15.5 Å². The van der Waals surface area contributed by atoms with Crippen LogP contribution in [0.25, 0.3) is 0 Å². The van der Waals surface area contributed by atoms with Crippen LogP contribution in [0.2, 0.25) is 0 Å². The minimum absolute atomic E-state index is 0.0196. The van der Waals surface area contributed by atoms with Crippen molar-refractivity contribution in [3.8, 4) is 5.75 Å². The molecule has 1 aliphatic rings. The number of carbonyl (C=O) groups is 2. The Morgan fingerprint density at radius 2 is 1.76 bits per heavy atom. The number of rotatable bonds is 6. The number of nitrogens with one attached hydrogen (secondary N) is 1. The molecule has 0 aromatic heterocycles. The number of alkyl halides is 3. The number of phenolic OH excluding ortho intramolecular Hbond substituents is 1. The van der Waals surface area contributed by atoms with Crippen molar-refractivity contribution in [2.24, 2.45) is 0 Å². The topological polar surface area (TPSA) is 86.6 Å². The van der Waals surface area contributed by atoms with Crippen LogP contribution in [0, 0.1) is 0 Å². The van der Waals surface area contributed by atoms with E-state index < -0.39 is 41.7 Å². The molecule has 1 aromatic carbocycles. The maximum Gasteiger partial charge on any atom is 0.418 e. The van der Waals surface area contributed by atoms with Crippen LogP contribution in [0.3, 0.4) is 0 Å². The van der Waals surface area contributed by atoms with Gasteiger partial charge in [0.15, 0.2) is 5.60 Å². The van der Waals surface area contributed by atoms with E-state index in [1.54, 1.807) is 6.07 Å². The van der Waals surface area contributed by atoms with Crippen molar-refractivity contribution in [2.75, 3.05) is 6.54 Å². The molecule has 0 aliphatic heterocycles. The highest BCUT2D eigenvalue weighted by Gasteiger charge is 2.56. The number of allylic oxidation sites excluding steroid dienone is 3. The molecule has 0 radical (unpaired) electrons. The number of hydrogen-bond donors (Lipinski definition) is 3. The number of aromatic hydroxyl groups is 1. The van der Waals surface area contributed by atoms with Gasteiger partial charge in [0.05, 0.1) is 11.0 Å². The van der Waals surface area contributed by atoms with Gasteiger partial charge in [0.1, 0.15) is 5.75 Å². The number of hydrogen-bond acceptors (Lipinski definition) is 5. The molecule has 1 aliphatic carbocycles. The predicted octanol–water partition coefficient (Wildman–Crippen LogP) is 3.69. The number of benzene rings is 1. The van der Waals surface area contributed by atoms with Crippen molar-refractivity contribution in [1.29, 1.82) is 0 Å². The molecule has 1 aromatic rings. The minimum atomic E-state index is -4.98. The quantitative estimate of drug-likeness (QED) is 0.431. The van der Waals surface area contributed by atoms with Crippen molar-refractivity contribution >= 4 is 27.5 Å². The first-order valence-electron chi connectivity index (χ1n) is 8.67. The number of carbonyl (C=O) groups excluding carboxylic acids is 2. The summed E-state index contributed by atoms with van der Waals surface area (Å²) in [7, 11) is 0. The van der Waals surface area contributed by atoms with E-state index in [-0.39, 0.29) is 21.5 Å². The molecule has 9 heteroatoms. The van der Waals surface area contributed by atoms with Crippen LogP contribution in [-0.2, 0) is 15.0 Å². The van der Waals surface area contributed by atoms with E-state index in [1.165, 1.54) is 39.0 Å². The number of phenols is 1. The number of ketones is 2. The summed E-state index contributed by atoms with van der Waals surface area (Å²) in [5.74, 6) is -1.69. The summed E-state index contributed by atoms with van der Waals surface area (Å²) in [5, 5.41) is 22.8. The fourth-order valence-corrected chi connectivity index (χ4v) is 4.02. The molecule has 0 heterocycles. The zero-order valence-corrected chi connectivity index (χ0v) is 17.6. The number of Topliss-reactive ketones (excluding diaryl/α,β-unsaturated/α-hetero) is 1. The summed E-state index contributed by atoms with van der Waals surface area (Å²) in [6.45, 7) is 3.51. The van der Waals surface area contributed by atoms with Crippen molar-refractivity contribution in [2.45, 2.75) is 44.4 Å². The summed E-state index contributed by atoms with van der Waals surface area (Å²) < 4.78 is 41.6. The molecule has 2 rings (SSSR count). The zero-order chi connectivity index (χ0) is 22.2. The highest BCUT2D eigenvalue weighted by Crippen LogP contribution is 2.44. The van der Waals surface area contributed by atoms with Gasteiger partial charge in [-0.25, -0.2) is 0 Å². The Morgan fingerprint density at radius 3 is 2.31 bits per heavy atom. The van der Waals surface area contributed by atoms with Gasteiger partial charge in [-0.3, -0.25) is 9.59 Å². The zero-order valence-electron chi connectivity index (χ0n) is 16.0. The Balaban J connectivity index is 2.31. The minimum Gasteiger partial charge on any atom is -0.507 e. The Bertz CT molecular complexity index is 905. The molecule has 1 atom stereocenters. The van der Waals surface area contributed by atoms with Crippen LogP contribution in [0.15, 0.2) is 46.1 Å². The second-order valence-corrected chi connectivity index (χ2v) is 8.50. The fourth-order valence-electron chi connectivity index (χ4n) is 3.22. The molecular weight excluding hydrogens is 455 g/mol. The smallest absolute Gasteiger partial charge is 0.418 e. The molecule has 0 saturated heterocycles. The van der Waals surface area contributed by atoms with Gasteiger partial charge in [0, 0.05) is 17.3 Å². The molecule has 3 N–H and O–H groups in total. The molecule has 0 spiro atoms. The average Bonchev–Trinajstić information content (AvgIpc) is 2.58. The van der Waals surface area contributed by atoms with Crippen LogP contribution in [-0.4, -0.2) is 40.1 Å². The first-order chi connectivity index (χ1) is 13.2. The monoisotopic (exact) mass is 475 g/mol. The highest BCUT2D eigenvalue weighted by molar-refractivity contribution is 9.10. The molecule has 0 saturated carbocycles. The molecule has 0 fully saturated rings. The van der Waals surface area contributed by atoms with E-state index in [4.69, 9.17) is 0 Å². The first kappa shape index (κ1) is 23.2. The normalized spacial score (nSPS) is 17.5. The standard InChI is InChI=1S/C20H21BrF3NO4/c1-11-7-12(8-15(27)17(11)28)25-10-19(29,20(22,23)24)9-18(2,3)13-5-4-6-14(26)16(13)21/h4-8,25-26,29H,9-10H2,1-3H3. The second kappa shape index (κ2) is 7.95. The Kier molecular flexibility index (Phi) is 6.34. The van der Waals surface area contributed by atoms with Gasteiger partial charge in [-0.1, -0.05) is 26.0 Å². The summed E-state index contributed by atoms with van der Waals surface area (Å²) in [4.78, 5) is 23.1. The number of halogens is 4. The van der Waals surface area contributed by atoms with Gasteiger partial charge in [-0.15, -0.1) is 0 Å². The SMILES string of the molecule is CC1=CC(NCC(O)(CC(C)(C)c2cccc(O)c2Br)C(F)(F)F)=CC(=O)C1=O. The van der Waals surface area contributed by atoms with Crippen LogP contribution in [0.1, 0.15) is 32.8 Å². The van der Waals surface area contributed by atoms with Crippen molar-refractivity contribution in [3.63, 3.8) is 0 Å². The molecule has 29 heavy (non-hydrogen) atoms. The summed E-state index contributed by atoms with van der Waals surface area (Å²) in [6, 6.07) is 4.46.